The quantitative estimate of drug-likeness (QED) is 0.469. The highest BCUT2D eigenvalue weighted by molar-refractivity contribution is 6.01. The molecule has 3 aromatic carbocycles. The number of halogens is 1. The predicted octanol–water partition coefficient (Wildman–Crippen LogP) is 3.85. The first-order valence-corrected chi connectivity index (χ1v) is 11.5. The van der Waals surface area contributed by atoms with Gasteiger partial charge in [-0.3, -0.25) is 19.2 Å². The van der Waals surface area contributed by atoms with Crippen LogP contribution in [0.3, 0.4) is 0 Å². The number of carbonyl (C=O) groups is 4. The van der Waals surface area contributed by atoms with Gasteiger partial charge < -0.3 is 15.3 Å². The molecular formula is C28H25FN2O5. The lowest BCUT2D eigenvalue weighted by molar-refractivity contribution is -0.142. The maximum atomic E-state index is 14.4. The highest BCUT2D eigenvalue weighted by atomic mass is 19.1. The number of hydrogen-bond donors (Lipinski definition) is 2. The Morgan fingerprint density at radius 3 is 2.36 bits per heavy atom. The predicted molar refractivity (Wildman–Crippen MR) is 131 cm³/mol. The monoisotopic (exact) mass is 488 g/mol. The topological polar surface area (TPSA) is 104 Å². The lowest BCUT2D eigenvalue weighted by Crippen LogP contribution is -2.51. The van der Waals surface area contributed by atoms with Gasteiger partial charge in [0, 0.05) is 29.7 Å². The SMILES string of the molecule is CC(=O)c1ccc(F)c(-c2ccc(C[C@@H](C(=O)N[C@@H](C)C(=O)O)N3Cc4ccccc4C3=O)cc2)c1. The van der Waals surface area contributed by atoms with Gasteiger partial charge in [0.05, 0.1) is 0 Å². The summed E-state index contributed by atoms with van der Waals surface area (Å²) in [6.45, 7) is 3.00. The van der Waals surface area contributed by atoms with E-state index in [-0.39, 0.29) is 30.2 Å². The van der Waals surface area contributed by atoms with Crippen LogP contribution in [0.15, 0.2) is 66.7 Å². The molecule has 4 rings (SSSR count). The second-order valence-corrected chi connectivity index (χ2v) is 8.83. The average molecular weight is 489 g/mol. The van der Waals surface area contributed by atoms with Crippen molar-refractivity contribution in [3.8, 4) is 11.1 Å². The standard InChI is InChI=1S/C28H25FN2O5/c1-16(28(35)36)30-26(33)25(31-15-21-5-3-4-6-22(21)27(31)34)13-18-7-9-19(10-8-18)23-14-20(17(2)32)11-12-24(23)29/h3-12,14,16,25H,13,15H2,1-2H3,(H,30,33)(H,35,36)/t16-,25-/m0/s1. The molecule has 36 heavy (non-hydrogen) atoms. The lowest BCUT2D eigenvalue weighted by atomic mass is 9.97. The van der Waals surface area contributed by atoms with Crippen molar-refractivity contribution in [1.82, 2.24) is 10.2 Å². The Labute approximate surface area is 207 Å². The smallest absolute Gasteiger partial charge is 0.325 e. The molecule has 2 amide bonds. The van der Waals surface area contributed by atoms with Crippen molar-refractivity contribution in [2.45, 2.75) is 38.9 Å². The van der Waals surface area contributed by atoms with Crippen LogP contribution in [0.25, 0.3) is 11.1 Å². The third-order valence-corrected chi connectivity index (χ3v) is 6.32. The van der Waals surface area contributed by atoms with Gasteiger partial charge in [-0.1, -0.05) is 42.5 Å². The van der Waals surface area contributed by atoms with E-state index in [2.05, 4.69) is 5.32 Å². The number of nitrogens with one attached hydrogen (secondary N) is 1. The van der Waals surface area contributed by atoms with Crippen molar-refractivity contribution >= 4 is 23.6 Å². The van der Waals surface area contributed by atoms with Crippen molar-refractivity contribution in [2.24, 2.45) is 0 Å². The number of carbonyl (C=O) groups excluding carboxylic acids is 3. The molecule has 184 valence electrons. The molecule has 1 aliphatic rings. The molecule has 1 heterocycles. The highest BCUT2D eigenvalue weighted by Gasteiger charge is 2.37. The van der Waals surface area contributed by atoms with Gasteiger partial charge in [0.15, 0.2) is 5.78 Å². The van der Waals surface area contributed by atoms with Gasteiger partial charge in [0.2, 0.25) is 5.91 Å². The molecule has 1 aliphatic heterocycles. The summed E-state index contributed by atoms with van der Waals surface area (Å²) in [4.78, 5) is 50.7. The second kappa shape index (κ2) is 10.1. The van der Waals surface area contributed by atoms with E-state index in [1.54, 1.807) is 36.4 Å². The molecule has 2 atom stereocenters. The average Bonchev–Trinajstić information content (AvgIpc) is 3.19. The number of nitrogens with zero attached hydrogens (tertiary/aromatic N) is 1. The Balaban J connectivity index is 1.61. The van der Waals surface area contributed by atoms with Crippen LogP contribution < -0.4 is 5.32 Å². The number of carboxylic acids is 1. The zero-order valence-electron chi connectivity index (χ0n) is 19.8. The molecule has 2 N–H and O–H groups in total. The van der Waals surface area contributed by atoms with Gasteiger partial charge in [-0.25, -0.2) is 4.39 Å². The molecular weight excluding hydrogens is 463 g/mol. The molecule has 0 fully saturated rings. The van der Waals surface area contributed by atoms with Crippen LogP contribution >= 0.6 is 0 Å². The van der Waals surface area contributed by atoms with Crippen LogP contribution in [0.5, 0.6) is 0 Å². The minimum atomic E-state index is -1.18. The van der Waals surface area contributed by atoms with Crippen LogP contribution in [0.1, 0.15) is 45.7 Å². The van der Waals surface area contributed by atoms with E-state index in [1.807, 2.05) is 12.1 Å². The summed E-state index contributed by atoms with van der Waals surface area (Å²) in [6.07, 6.45) is 0.133. The van der Waals surface area contributed by atoms with E-state index >= 15 is 0 Å². The third-order valence-electron chi connectivity index (χ3n) is 6.32. The van der Waals surface area contributed by atoms with E-state index in [0.717, 1.165) is 5.56 Å². The fourth-order valence-electron chi connectivity index (χ4n) is 4.25. The number of Topliss-reactive ketones (excluding diaryl/α,β-unsaturated/α-hetero) is 1. The minimum Gasteiger partial charge on any atom is -0.480 e. The molecule has 7 nitrogen and oxygen atoms in total. The van der Waals surface area contributed by atoms with Crippen molar-refractivity contribution < 1.29 is 28.7 Å². The van der Waals surface area contributed by atoms with Gasteiger partial charge in [-0.15, -0.1) is 0 Å². The Morgan fingerprint density at radius 2 is 1.72 bits per heavy atom. The van der Waals surface area contributed by atoms with E-state index in [1.165, 1.54) is 36.9 Å². The van der Waals surface area contributed by atoms with Gasteiger partial charge in [0.1, 0.15) is 17.9 Å². The van der Waals surface area contributed by atoms with Crippen molar-refractivity contribution in [3.63, 3.8) is 0 Å². The summed E-state index contributed by atoms with van der Waals surface area (Å²) in [6, 6.07) is 16.0. The minimum absolute atomic E-state index is 0.133. The summed E-state index contributed by atoms with van der Waals surface area (Å²) < 4.78 is 14.4. The first-order valence-electron chi connectivity index (χ1n) is 11.5. The molecule has 0 saturated heterocycles. The van der Waals surface area contributed by atoms with Crippen LogP contribution in [0, 0.1) is 5.82 Å². The summed E-state index contributed by atoms with van der Waals surface area (Å²) in [5, 5.41) is 11.7. The Bertz CT molecular complexity index is 1350. The Morgan fingerprint density at radius 1 is 1.03 bits per heavy atom. The normalized spacial score (nSPS) is 14.2. The molecule has 0 spiro atoms. The van der Waals surface area contributed by atoms with Gasteiger partial charge in [-0.2, -0.15) is 0 Å². The number of rotatable bonds is 8. The second-order valence-electron chi connectivity index (χ2n) is 8.83. The van der Waals surface area contributed by atoms with Crippen LogP contribution in [0.2, 0.25) is 0 Å². The van der Waals surface area contributed by atoms with Gasteiger partial charge >= 0.3 is 5.97 Å². The van der Waals surface area contributed by atoms with Crippen LogP contribution in [-0.2, 0) is 22.6 Å². The van der Waals surface area contributed by atoms with Crippen molar-refractivity contribution in [2.75, 3.05) is 0 Å². The summed E-state index contributed by atoms with van der Waals surface area (Å²) in [5.41, 5.74) is 3.25. The fourth-order valence-corrected chi connectivity index (χ4v) is 4.25. The van der Waals surface area contributed by atoms with Crippen LogP contribution in [-0.4, -0.2) is 45.7 Å². The van der Waals surface area contributed by atoms with Crippen LogP contribution in [0.4, 0.5) is 4.39 Å². The largest absolute Gasteiger partial charge is 0.480 e. The van der Waals surface area contributed by atoms with Crippen molar-refractivity contribution in [3.05, 3.63) is 94.8 Å². The number of fused-ring (bicyclic) bond motifs is 1. The molecule has 0 aliphatic carbocycles. The number of ketones is 1. The summed E-state index contributed by atoms with van der Waals surface area (Å²) in [7, 11) is 0. The zero-order valence-corrected chi connectivity index (χ0v) is 19.8. The van der Waals surface area contributed by atoms with Gasteiger partial charge in [0.25, 0.3) is 5.91 Å². The molecule has 0 bridgehead atoms. The number of amides is 2. The van der Waals surface area contributed by atoms with E-state index in [4.69, 9.17) is 0 Å². The lowest BCUT2D eigenvalue weighted by Gasteiger charge is -2.28. The molecule has 0 radical (unpaired) electrons. The number of carboxylic acid groups (broad SMARTS) is 1. The maximum absolute atomic E-state index is 14.4. The van der Waals surface area contributed by atoms with E-state index < -0.39 is 29.8 Å². The molecule has 3 aromatic rings. The van der Waals surface area contributed by atoms with E-state index in [0.29, 0.717) is 22.3 Å². The molecule has 0 aromatic heterocycles. The molecule has 0 saturated carbocycles. The third kappa shape index (κ3) is 5.02. The first kappa shape index (κ1) is 24.8. The number of benzene rings is 3. The Kier molecular flexibility index (Phi) is 6.96. The van der Waals surface area contributed by atoms with E-state index in [9.17, 15) is 28.7 Å². The summed E-state index contributed by atoms with van der Waals surface area (Å²) >= 11 is 0. The number of hydrogen-bond acceptors (Lipinski definition) is 4. The highest BCUT2D eigenvalue weighted by Crippen LogP contribution is 2.28. The zero-order chi connectivity index (χ0) is 26.0. The van der Waals surface area contributed by atoms with Gasteiger partial charge in [-0.05, 0) is 54.8 Å². The molecule has 8 heteroatoms. The van der Waals surface area contributed by atoms with Crippen molar-refractivity contribution in [1.29, 1.82) is 0 Å². The molecule has 0 unspecified atom stereocenters. The number of aliphatic carboxylic acids is 1. The fraction of sp³-hybridized carbons (Fsp3) is 0.214. The summed E-state index contributed by atoms with van der Waals surface area (Å²) in [5.74, 6) is -2.69. The first-order chi connectivity index (χ1) is 17.2. The maximum Gasteiger partial charge on any atom is 0.325 e. The Hall–Kier alpha value is -4.33.